The van der Waals surface area contributed by atoms with Gasteiger partial charge in [-0.1, -0.05) is 18.2 Å². The van der Waals surface area contributed by atoms with E-state index in [9.17, 15) is 13.6 Å². The third-order valence-corrected chi connectivity index (χ3v) is 5.25. The van der Waals surface area contributed by atoms with Crippen molar-refractivity contribution in [3.05, 3.63) is 64.7 Å². The molecular weight excluding hydrogens is 376 g/mol. The van der Waals surface area contributed by atoms with Crippen molar-refractivity contribution in [2.24, 2.45) is 0 Å². The highest BCUT2D eigenvalue weighted by molar-refractivity contribution is 5.75. The highest BCUT2D eigenvalue weighted by Gasteiger charge is 2.29. The molecule has 4 rings (SSSR count). The van der Waals surface area contributed by atoms with Gasteiger partial charge in [0.2, 0.25) is 5.91 Å². The van der Waals surface area contributed by atoms with E-state index in [1.54, 1.807) is 0 Å². The zero-order chi connectivity index (χ0) is 20.5. The van der Waals surface area contributed by atoms with Gasteiger partial charge in [-0.05, 0) is 44.9 Å². The van der Waals surface area contributed by atoms with Crippen LogP contribution in [0.5, 0.6) is 0 Å². The Morgan fingerprint density at radius 2 is 1.93 bits per heavy atom. The average molecular weight is 399 g/mol. The molecule has 2 aromatic heterocycles. The van der Waals surface area contributed by atoms with Crippen LogP contribution in [0.15, 0.2) is 36.4 Å². The minimum absolute atomic E-state index is 0.202. The van der Waals surface area contributed by atoms with Crippen LogP contribution in [0.3, 0.4) is 0 Å². The average Bonchev–Trinajstić information content (AvgIpc) is 3.40. The Labute approximate surface area is 167 Å². The Hall–Kier alpha value is -3.03. The molecule has 152 valence electrons. The summed E-state index contributed by atoms with van der Waals surface area (Å²) in [7, 11) is 0. The number of aromatic nitrogens is 4. The van der Waals surface area contributed by atoms with Gasteiger partial charge in [-0.2, -0.15) is 10.2 Å². The van der Waals surface area contributed by atoms with Gasteiger partial charge in [-0.15, -0.1) is 0 Å². The van der Waals surface area contributed by atoms with E-state index in [4.69, 9.17) is 0 Å². The second kappa shape index (κ2) is 7.77. The standard InChI is InChI=1S/C21H23F2N5O/c1-13-17(14(2)28(25-13)16-6-4-3-5-7-16)11-24-20(29)12-27-19(21(22)23)10-18(26-27)15-8-9-15/h3-7,10,15,21H,8-9,11-12H2,1-2H3,(H,24,29). The highest BCUT2D eigenvalue weighted by atomic mass is 19.3. The number of alkyl halides is 2. The van der Waals surface area contributed by atoms with Crippen LogP contribution in [0.4, 0.5) is 8.78 Å². The van der Waals surface area contributed by atoms with E-state index in [-0.39, 0.29) is 30.6 Å². The minimum atomic E-state index is -2.66. The maximum Gasteiger partial charge on any atom is 0.280 e. The Morgan fingerprint density at radius 1 is 1.21 bits per heavy atom. The molecule has 0 radical (unpaired) electrons. The van der Waals surface area contributed by atoms with E-state index in [1.807, 2.05) is 48.9 Å². The molecule has 0 aliphatic heterocycles. The summed E-state index contributed by atoms with van der Waals surface area (Å²) in [5, 5.41) is 11.6. The molecule has 0 bridgehead atoms. The Kier molecular flexibility index (Phi) is 5.17. The van der Waals surface area contributed by atoms with Gasteiger partial charge in [0.05, 0.1) is 17.1 Å². The van der Waals surface area contributed by atoms with Crippen LogP contribution in [0, 0.1) is 13.8 Å². The van der Waals surface area contributed by atoms with Crippen LogP contribution in [0.2, 0.25) is 0 Å². The predicted octanol–water partition coefficient (Wildman–Crippen LogP) is 3.82. The first-order valence-corrected chi connectivity index (χ1v) is 9.67. The number of hydrogen-bond donors (Lipinski definition) is 1. The van der Waals surface area contributed by atoms with Gasteiger partial charge >= 0.3 is 0 Å². The molecule has 6 nitrogen and oxygen atoms in total. The maximum atomic E-state index is 13.3. The lowest BCUT2D eigenvalue weighted by molar-refractivity contribution is -0.122. The normalized spacial score (nSPS) is 13.8. The molecular formula is C21H23F2N5O. The monoisotopic (exact) mass is 399 g/mol. The van der Waals surface area contributed by atoms with Crippen LogP contribution < -0.4 is 5.32 Å². The quantitative estimate of drug-likeness (QED) is 0.657. The molecule has 8 heteroatoms. The van der Waals surface area contributed by atoms with E-state index in [0.717, 1.165) is 40.2 Å². The molecule has 1 aliphatic carbocycles. The number of amides is 1. The first-order chi connectivity index (χ1) is 13.9. The molecule has 1 saturated carbocycles. The zero-order valence-corrected chi connectivity index (χ0v) is 16.4. The summed E-state index contributed by atoms with van der Waals surface area (Å²) in [4.78, 5) is 12.4. The second-order valence-electron chi connectivity index (χ2n) is 7.40. The Balaban J connectivity index is 1.45. The van der Waals surface area contributed by atoms with Crippen molar-refractivity contribution in [3.63, 3.8) is 0 Å². The fourth-order valence-electron chi connectivity index (χ4n) is 3.46. The Bertz CT molecular complexity index is 1020. The van der Waals surface area contributed by atoms with Gasteiger partial charge < -0.3 is 5.32 Å². The van der Waals surface area contributed by atoms with Gasteiger partial charge in [0, 0.05) is 23.7 Å². The number of hydrogen-bond acceptors (Lipinski definition) is 3. The Morgan fingerprint density at radius 3 is 2.59 bits per heavy atom. The van der Waals surface area contributed by atoms with Crippen LogP contribution in [0.25, 0.3) is 5.69 Å². The van der Waals surface area contributed by atoms with E-state index in [0.29, 0.717) is 5.69 Å². The van der Waals surface area contributed by atoms with Crippen molar-refractivity contribution in [1.82, 2.24) is 24.9 Å². The molecule has 1 aliphatic rings. The maximum absolute atomic E-state index is 13.3. The number of halogens is 2. The van der Waals surface area contributed by atoms with Gasteiger partial charge in [0.25, 0.3) is 6.43 Å². The van der Waals surface area contributed by atoms with Crippen molar-refractivity contribution in [3.8, 4) is 5.69 Å². The highest BCUT2D eigenvalue weighted by Crippen LogP contribution is 2.40. The van der Waals surface area contributed by atoms with E-state index in [2.05, 4.69) is 15.5 Å². The summed E-state index contributed by atoms with van der Waals surface area (Å²) in [5.41, 5.74) is 4.05. The third-order valence-electron chi connectivity index (χ3n) is 5.25. The molecule has 2 heterocycles. The summed E-state index contributed by atoms with van der Waals surface area (Å²) in [6, 6.07) is 11.2. The van der Waals surface area contributed by atoms with Crippen LogP contribution >= 0.6 is 0 Å². The first-order valence-electron chi connectivity index (χ1n) is 9.67. The number of carbonyl (C=O) groups excluding carboxylic acids is 1. The molecule has 29 heavy (non-hydrogen) atoms. The van der Waals surface area contributed by atoms with Crippen molar-refractivity contribution in [2.75, 3.05) is 0 Å². The van der Waals surface area contributed by atoms with Crippen molar-refractivity contribution < 1.29 is 13.6 Å². The SMILES string of the molecule is Cc1nn(-c2ccccc2)c(C)c1CNC(=O)Cn1nc(C2CC2)cc1C(F)F. The number of carbonyl (C=O) groups is 1. The van der Waals surface area contributed by atoms with Gasteiger partial charge in [-0.3, -0.25) is 9.48 Å². The molecule has 0 atom stereocenters. The van der Waals surface area contributed by atoms with Gasteiger partial charge in [-0.25, -0.2) is 13.5 Å². The van der Waals surface area contributed by atoms with E-state index < -0.39 is 6.43 Å². The summed E-state index contributed by atoms with van der Waals surface area (Å²) >= 11 is 0. The third kappa shape index (κ3) is 4.06. The number of nitrogens with one attached hydrogen (secondary N) is 1. The molecule has 1 N–H and O–H groups in total. The molecule has 0 spiro atoms. The van der Waals surface area contributed by atoms with Gasteiger partial charge in [0.1, 0.15) is 12.2 Å². The van der Waals surface area contributed by atoms with E-state index >= 15 is 0 Å². The summed E-state index contributed by atoms with van der Waals surface area (Å²) in [6.07, 6.45) is -0.720. The van der Waals surface area contributed by atoms with Gasteiger partial charge in [0.15, 0.2) is 0 Å². The number of aryl methyl sites for hydroxylation is 1. The van der Waals surface area contributed by atoms with Crippen molar-refractivity contribution >= 4 is 5.91 Å². The van der Waals surface area contributed by atoms with Crippen molar-refractivity contribution in [1.29, 1.82) is 0 Å². The molecule has 0 saturated heterocycles. The first kappa shape index (κ1) is 19.3. The smallest absolute Gasteiger partial charge is 0.280 e. The number of benzene rings is 1. The van der Waals surface area contributed by atoms with Crippen molar-refractivity contribution in [2.45, 2.75) is 52.1 Å². The molecule has 1 amide bonds. The van der Waals surface area contributed by atoms with Crippen LogP contribution in [-0.4, -0.2) is 25.5 Å². The molecule has 1 fully saturated rings. The fourth-order valence-corrected chi connectivity index (χ4v) is 3.46. The molecule has 0 unspecified atom stereocenters. The van der Waals surface area contributed by atoms with Crippen LogP contribution in [0.1, 0.15) is 53.5 Å². The summed E-state index contributed by atoms with van der Waals surface area (Å²) in [6.45, 7) is 3.89. The lowest BCUT2D eigenvalue weighted by atomic mass is 10.2. The molecule has 3 aromatic rings. The fraction of sp³-hybridized carbons (Fsp3) is 0.381. The topological polar surface area (TPSA) is 64.7 Å². The summed E-state index contributed by atoms with van der Waals surface area (Å²) < 4.78 is 29.5. The number of rotatable bonds is 7. The van der Waals surface area contributed by atoms with E-state index in [1.165, 1.54) is 6.07 Å². The minimum Gasteiger partial charge on any atom is -0.350 e. The number of para-hydroxylation sites is 1. The lowest BCUT2D eigenvalue weighted by Crippen LogP contribution is -2.28. The second-order valence-corrected chi connectivity index (χ2v) is 7.40. The summed E-state index contributed by atoms with van der Waals surface area (Å²) in [5.74, 6) is -0.102. The zero-order valence-electron chi connectivity index (χ0n) is 16.4. The number of nitrogens with zero attached hydrogens (tertiary/aromatic N) is 4. The largest absolute Gasteiger partial charge is 0.350 e. The predicted molar refractivity (Wildman–Crippen MR) is 104 cm³/mol. The molecule has 1 aromatic carbocycles. The lowest BCUT2D eigenvalue weighted by Gasteiger charge is -2.09. The van der Waals surface area contributed by atoms with Crippen LogP contribution in [-0.2, 0) is 17.9 Å².